The van der Waals surface area contributed by atoms with Crippen molar-refractivity contribution < 1.29 is 4.42 Å². The standard InChI is InChI=1S/C14H11ClN2OS/c1-9-7-18-14(16-9)19-8-11-6-10-4-2-3-5-12(10)17-13(11)15/h2-7H,8H2,1H3. The third-order valence-corrected chi connectivity index (χ3v) is 3.92. The van der Waals surface area contributed by atoms with Crippen molar-refractivity contribution in [2.75, 3.05) is 0 Å². The lowest BCUT2D eigenvalue weighted by Crippen LogP contribution is -1.88. The fraction of sp³-hybridized carbons (Fsp3) is 0.143. The average molecular weight is 291 g/mol. The molecule has 0 unspecified atom stereocenters. The zero-order valence-corrected chi connectivity index (χ0v) is 11.8. The van der Waals surface area contributed by atoms with E-state index in [1.165, 1.54) is 11.8 Å². The minimum atomic E-state index is 0.537. The molecule has 1 aromatic carbocycles. The Labute approximate surface area is 120 Å². The molecule has 0 bridgehead atoms. The molecule has 5 heteroatoms. The lowest BCUT2D eigenvalue weighted by atomic mass is 10.2. The van der Waals surface area contributed by atoms with Gasteiger partial charge in [-0.1, -0.05) is 41.6 Å². The second-order valence-corrected chi connectivity index (χ2v) is 5.46. The Bertz CT molecular complexity index is 726. The Kier molecular flexibility index (Phi) is 3.44. The van der Waals surface area contributed by atoms with E-state index in [0.717, 1.165) is 22.2 Å². The number of aromatic nitrogens is 2. The highest BCUT2D eigenvalue weighted by Crippen LogP contribution is 2.27. The number of para-hydroxylation sites is 1. The zero-order chi connectivity index (χ0) is 13.2. The Balaban J connectivity index is 1.86. The van der Waals surface area contributed by atoms with Crippen LogP contribution in [0.2, 0.25) is 5.15 Å². The number of benzene rings is 1. The molecule has 0 N–H and O–H groups in total. The van der Waals surface area contributed by atoms with Crippen molar-refractivity contribution in [2.45, 2.75) is 17.9 Å². The van der Waals surface area contributed by atoms with E-state index in [9.17, 15) is 0 Å². The molecule has 3 aromatic rings. The Hall–Kier alpha value is -1.52. The summed E-state index contributed by atoms with van der Waals surface area (Å²) in [6.07, 6.45) is 1.64. The number of pyridine rings is 1. The summed E-state index contributed by atoms with van der Waals surface area (Å²) in [6, 6.07) is 9.99. The second-order valence-electron chi connectivity index (χ2n) is 4.17. The van der Waals surface area contributed by atoms with E-state index in [1.807, 2.05) is 31.2 Å². The van der Waals surface area contributed by atoms with E-state index in [4.69, 9.17) is 16.0 Å². The number of hydrogen-bond donors (Lipinski definition) is 0. The number of hydrogen-bond acceptors (Lipinski definition) is 4. The second kappa shape index (κ2) is 5.23. The van der Waals surface area contributed by atoms with Crippen LogP contribution in [-0.4, -0.2) is 9.97 Å². The van der Waals surface area contributed by atoms with Gasteiger partial charge in [0.2, 0.25) is 0 Å². The van der Waals surface area contributed by atoms with E-state index in [2.05, 4.69) is 16.0 Å². The zero-order valence-electron chi connectivity index (χ0n) is 10.3. The summed E-state index contributed by atoms with van der Waals surface area (Å²) in [6.45, 7) is 1.90. The number of oxazole rings is 1. The monoisotopic (exact) mass is 290 g/mol. The van der Waals surface area contributed by atoms with Gasteiger partial charge in [-0.05, 0) is 19.1 Å². The third-order valence-electron chi connectivity index (χ3n) is 2.70. The molecule has 2 heterocycles. The summed E-state index contributed by atoms with van der Waals surface area (Å²) in [4.78, 5) is 8.64. The van der Waals surface area contributed by atoms with Crippen LogP contribution in [-0.2, 0) is 5.75 Å². The Morgan fingerprint density at radius 2 is 2.11 bits per heavy atom. The van der Waals surface area contributed by atoms with Crippen molar-refractivity contribution >= 4 is 34.3 Å². The smallest absolute Gasteiger partial charge is 0.256 e. The maximum absolute atomic E-state index is 6.20. The van der Waals surface area contributed by atoms with Crippen LogP contribution in [0, 0.1) is 6.92 Å². The Morgan fingerprint density at radius 1 is 1.26 bits per heavy atom. The van der Waals surface area contributed by atoms with Gasteiger partial charge in [-0.25, -0.2) is 9.97 Å². The maximum atomic E-state index is 6.20. The molecule has 0 saturated heterocycles. The first-order valence-corrected chi connectivity index (χ1v) is 7.18. The molecule has 0 amide bonds. The number of fused-ring (bicyclic) bond motifs is 1. The normalized spacial score (nSPS) is 11.1. The molecular weight excluding hydrogens is 280 g/mol. The van der Waals surface area contributed by atoms with E-state index in [-0.39, 0.29) is 0 Å². The lowest BCUT2D eigenvalue weighted by Gasteiger charge is -2.04. The van der Waals surface area contributed by atoms with Gasteiger partial charge in [-0.2, -0.15) is 0 Å². The molecule has 0 aliphatic carbocycles. The highest BCUT2D eigenvalue weighted by molar-refractivity contribution is 7.98. The van der Waals surface area contributed by atoms with Crippen LogP contribution in [0.25, 0.3) is 10.9 Å². The van der Waals surface area contributed by atoms with Gasteiger partial charge in [-0.3, -0.25) is 0 Å². The number of aryl methyl sites for hydroxylation is 1. The average Bonchev–Trinajstić information content (AvgIpc) is 2.82. The molecule has 0 aliphatic heterocycles. The predicted molar refractivity (Wildman–Crippen MR) is 77.6 cm³/mol. The highest BCUT2D eigenvalue weighted by atomic mass is 35.5. The number of halogens is 1. The van der Waals surface area contributed by atoms with E-state index >= 15 is 0 Å². The molecule has 2 aromatic heterocycles. The first-order chi connectivity index (χ1) is 9.22. The fourth-order valence-electron chi connectivity index (χ4n) is 1.78. The lowest BCUT2D eigenvalue weighted by molar-refractivity contribution is 0.454. The number of thioether (sulfide) groups is 1. The molecule has 0 atom stereocenters. The van der Waals surface area contributed by atoms with Gasteiger partial charge in [-0.15, -0.1) is 0 Å². The quantitative estimate of drug-likeness (QED) is 0.527. The summed E-state index contributed by atoms with van der Waals surface area (Å²) >= 11 is 7.71. The molecule has 0 aliphatic rings. The minimum Gasteiger partial charge on any atom is -0.440 e. The van der Waals surface area contributed by atoms with E-state index < -0.39 is 0 Å². The van der Waals surface area contributed by atoms with E-state index in [1.54, 1.807) is 6.26 Å². The highest BCUT2D eigenvalue weighted by Gasteiger charge is 2.08. The van der Waals surface area contributed by atoms with Gasteiger partial charge in [0.25, 0.3) is 5.22 Å². The van der Waals surface area contributed by atoms with Crippen LogP contribution in [0.5, 0.6) is 0 Å². The predicted octanol–water partition coefficient (Wildman–Crippen LogP) is 4.48. The van der Waals surface area contributed by atoms with Crippen molar-refractivity contribution in [3.8, 4) is 0 Å². The van der Waals surface area contributed by atoms with Crippen LogP contribution in [0.4, 0.5) is 0 Å². The molecule has 3 nitrogen and oxygen atoms in total. The summed E-state index contributed by atoms with van der Waals surface area (Å²) in [7, 11) is 0. The molecule has 0 spiro atoms. The fourth-order valence-corrected chi connectivity index (χ4v) is 2.89. The Morgan fingerprint density at radius 3 is 2.89 bits per heavy atom. The van der Waals surface area contributed by atoms with Crippen molar-refractivity contribution in [1.29, 1.82) is 0 Å². The van der Waals surface area contributed by atoms with Gasteiger partial charge < -0.3 is 4.42 Å². The summed E-state index contributed by atoms with van der Waals surface area (Å²) in [5, 5.41) is 2.28. The molecule has 0 saturated carbocycles. The van der Waals surface area contributed by atoms with Crippen molar-refractivity contribution in [1.82, 2.24) is 9.97 Å². The minimum absolute atomic E-state index is 0.537. The molecule has 3 rings (SSSR count). The van der Waals surface area contributed by atoms with Gasteiger partial charge >= 0.3 is 0 Å². The largest absolute Gasteiger partial charge is 0.440 e. The van der Waals surface area contributed by atoms with Crippen molar-refractivity contribution in [3.63, 3.8) is 0 Å². The number of nitrogens with zero attached hydrogens (tertiary/aromatic N) is 2. The summed E-state index contributed by atoms with van der Waals surface area (Å²) in [5.41, 5.74) is 2.78. The van der Waals surface area contributed by atoms with Crippen LogP contribution in [0.3, 0.4) is 0 Å². The van der Waals surface area contributed by atoms with Gasteiger partial charge in [0, 0.05) is 16.7 Å². The molecule has 19 heavy (non-hydrogen) atoms. The summed E-state index contributed by atoms with van der Waals surface area (Å²) in [5.74, 6) is 0.691. The van der Waals surface area contributed by atoms with Gasteiger partial charge in [0.05, 0.1) is 11.2 Å². The first-order valence-electron chi connectivity index (χ1n) is 5.81. The first kappa shape index (κ1) is 12.5. The van der Waals surface area contributed by atoms with E-state index in [0.29, 0.717) is 16.1 Å². The number of rotatable bonds is 3. The summed E-state index contributed by atoms with van der Waals surface area (Å²) < 4.78 is 5.30. The van der Waals surface area contributed by atoms with Crippen LogP contribution >= 0.6 is 23.4 Å². The molecule has 0 fully saturated rings. The van der Waals surface area contributed by atoms with Crippen molar-refractivity contribution in [2.24, 2.45) is 0 Å². The molecule has 0 radical (unpaired) electrons. The third kappa shape index (κ3) is 2.74. The van der Waals surface area contributed by atoms with Crippen LogP contribution in [0.15, 0.2) is 46.2 Å². The molecule has 96 valence electrons. The van der Waals surface area contributed by atoms with Gasteiger partial charge in [0.1, 0.15) is 11.4 Å². The van der Waals surface area contributed by atoms with Crippen LogP contribution in [0.1, 0.15) is 11.3 Å². The topological polar surface area (TPSA) is 38.9 Å². The van der Waals surface area contributed by atoms with Crippen LogP contribution < -0.4 is 0 Å². The SMILES string of the molecule is Cc1coc(SCc2cc3ccccc3nc2Cl)n1. The molecular formula is C14H11ClN2OS. The maximum Gasteiger partial charge on any atom is 0.256 e. The van der Waals surface area contributed by atoms with Crippen molar-refractivity contribution in [3.05, 3.63) is 53.0 Å². The van der Waals surface area contributed by atoms with Gasteiger partial charge in [0.15, 0.2) is 0 Å².